The highest BCUT2D eigenvalue weighted by Gasteiger charge is 2.20. The normalized spacial score (nSPS) is 16.3. The summed E-state index contributed by atoms with van der Waals surface area (Å²) in [6.07, 6.45) is 5.31. The fourth-order valence-corrected chi connectivity index (χ4v) is 2.75. The summed E-state index contributed by atoms with van der Waals surface area (Å²) < 4.78 is 41.1. The van der Waals surface area contributed by atoms with Gasteiger partial charge in [-0.25, -0.2) is 4.39 Å². The van der Waals surface area contributed by atoms with Crippen LogP contribution in [0.3, 0.4) is 0 Å². The molecule has 0 bridgehead atoms. The molecule has 0 radical (unpaired) electrons. The van der Waals surface area contributed by atoms with Crippen LogP contribution < -0.4 is 21.5 Å². The number of hydrogen-bond donors (Lipinski definition) is 3. The SMILES string of the molecule is CC1CCC(C=O)O1.CNc1ccnc(C(N)=O)c1.NCCCOCCOc1cccc(F)c1F. The Morgan fingerprint density at radius 2 is 2.03 bits per heavy atom. The van der Waals surface area contributed by atoms with Crippen molar-refractivity contribution in [3.8, 4) is 5.75 Å². The second-order valence-corrected chi connectivity index (χ2v) is 7.40. The van der Waals surface area contributed by atoms with E-state index in [0.717, 1.165) is 37.3 Å². The molecule has 5 N–H and O–H groups in total. The first-order valence-corrected chi connectivity index (χ1v) is 11.2. The highest BCUT2D eigenvalue weighted by molar-refractivity contribution is 5.91. The minimum atomic E-state index is -0.968. The van der Waals surface area contributed by atoms with Crippen LogP contribution in [0.2, 0.25) is 0 Å². The van der Waals surface area contributed by atoms with Crippen LogP contribution in [-0.2, 0) is 14.3 Å². The average molecular weight is 497 g/mol. The number of anilines is 1. The second-order valence-electron chi connectivity index (χ2n) is 7.40. The Morgan fingerprint density at radius 3 is 2.60 bits per heavy atom. The van der Waals surface area contributed by atoms with E-state index < -0.39 is 17.5 Å². The van der Waals surface area contributed by atoms with Gasteiger partial charge in [0, 0.05) is 25.5 Å². The van der Waals surface area contributed by atoms with E-state index >= 15 is 0 Å². The van der Waals surface area contributed by atoms with E-state index in [4.69, 9.17) is 25.7 Å². The van der Waals surface area contributed by atoms with Crippen molar-refractivity contribution in [2.75, 3.05) is 38.7 Å². The second kappa shape index (κ2) is 17.3. The molecule has 1 aromatic carbocycles. The predicted octanol–water partition coefficient (Wildman–Crippen LogP) is 2.68. The molecule has 3 rings (SSSR count). The van der Waals surface area contributed by atoms with Gasteiger partial charge >= 0.3 is 0 Å². The zero-order valence-corrected chi connectivity index (χ0v) is 20.0. The number of nitrogens with zero attached hydrogens (tertiary/aromatic N) is 1. The van der Waals surface area contributed by atoms with E-state index in [-0.39, 0.29) is 24.2 Å². The van der Waals surface area contributed by atoms with Crippen LogP contribution in [-0.4, -0.2) is 62.8 Å². The van der Waals surface area contributed by atoms with Gasteiger partial charge in [0.2, 0.25) is 5.82 Å². The average Bonchev–Trinajstić information content (AvgIpc) is 3.30. The fraction of sp³-hybridized carbons (Fsp3) is 0.458. The Bertz CT molecular complexity index is 904. The van der Waals surface area contributed by atoms with E-state index in [0.29, 0.717) is 25.9 Å². The van der Waals surface area contributed by atoms with Crippen molar-refractivity contribution in [3.63, 3.8) is 0 Å². The molecular weight excluding hydrogens is 462 g/mol. The number of nitrogens with one attached hydrogen (secondary N) is 1. The smallest absolute Gasteiger partial charge is 0.267 e. The van der Waals surface area contributed by atoms with Gasteiger partial charge in [0.15, 0.2) is 11.6 Å². The van der Waals surface area contributed by atoms with Gasteiger partial charge in [-0.3, -0.25) is 9.78 Å². The Kier molecular flexibility index (Phi) is 14.8. The lowest BCUT2D eigenvalue weighted by atomic mass is 10.2. The molecule has 0 spiro atoms. The highest BCUT2D eigenvalue weighted by Crippen LogP contribution is 2.19. The zero-order valence-electron chi connectivity index (χ0n) is 20.0. The number of rotatable bonds is 10. The number of carbonyl (C=O) groups excluding carboxylic acids is 2. The maximum atomic E-state index is 13.1. The number of benzene rings is 1. The summed E-state index contributed by atoms with van der Waals surface area (Å²) in [6, 6.07) is 7.16. The number of ether oxygens (including phenoxy) is 3. The minimum absolute atomic E-state index is 0.0950. The lowest BCUT2D eigenvalue weighted by Crippen LogP contribution is -2.12. The van der Waals surface area contributed by atoms with Gasteiger partial charge in [-0.2, -0.15) is 4.39 Å². The summed E-state index contributed by atoms with van der Waals surface area (Å²) in [5, 5.41) is 2.87. The van der Waals surface area contributed by atoms with Crippen LogP contribution in [0.4, 0.5) is 14.5 Å². The van der Waals surface area contributed by atoms with Crippen LogP contribution in [0.25, 0.3) is 0 Å². The molecule has 2 unspecified atom stereocenters. The third kappa shape index (κ3) is 12.2. The van der Waals surface area contributed by atoms with E-state index in [2.05, 4.69) is 10.3 Å². The van der Waals surface area contributed by atoms with Gasteiger partial charge in [-0.15, -0.1) is 0 Å². The molecule has 9 nitrogen and oxygen atoms in total. The molecule has 0 saturated carbocycles. The molecule has 1 fully saturated rings. The molecule has 11 heteroatoms. The van der Waals surface area contributed by atoms with Crippen LogP contribution >= 0.6 is 0 Å². The van der Waals surface area contributed by atoms with Crippen molar-refractivity contribution in [2.24, 2.45) is 11.5 Å². The molecule has 1 aliphatic heterocycles. The van der Waals surface area contributed by atoms with Gasteiger partial charge in [-0.1, -0.05) is 6.07 Å². The van der Waals surface area contributed by atoms with Gasteiger partial charge < -0.3 is 35.8 Å². The molecule has 1 aliphatic rings. The predicted molar refractivity (Wildman–Crippen MR) is 128 cm³/mol. The van der Waals surface area contributed by atoms with Crippen LogP contribution in [0.5, 0.6) is 5.75 Å². The first-order valence-electron chi connectivity index (χ1n) is 11.2. The Balaban J connectivity index is 0.000000279. The van der Waals surface area contributed by atoms with Crippen molar-refractivity contribution >= 4 is 17.9 Å². The molecular formula is C24H34F2N4O5. The molecule has 1 amide bonds. The summed E-state index contributed by atoms with van der Waals surface area (Å²) in [5.41, 5.74) is 11.4. The standard InChI is InChI=1S/C11H15F2NO2.C7H9N3O.C6H10O2/c12-9-3-1-4-10(11(9)13)16-8-7-15-6-2-5-14;1-9-5-2-3-10-6(4-5)7(8)11;1-5-2-3-6(4-7)8-5/h1,3-4H,2,5-8,14H2;2-4H,1H3,(H2,8,11)(H,9,10);4-6H,2-3H2,1H3. The summed E-state index contributed by atoms with van der Waals surface area (Å²) in [6.45, 7) is 3.62. The number of aldehydes is 1. The molecule has 2 heterocycles. The highest BCUT2D eigenvalue weighted by atomic mass is 19.2. The molecule has 2 atom stereocenters. The maximum Gasteiger partial charge on any atom is 0.267 e. The van der Waals surface area contributed by atoms with Crippen LogP contribution in [0, 0.1) is 11.6 Å². The first-order chi connectivity index (χ1) is 16.8. The largest absolute Gasteiger partial charge is 0.488 e. The summed E-state index contributed by atoms with van der Waals surface area (Å²) >= 11 is 0. The van der Waals surface area contributed by atoms with Gasteiger partial charge in [0.1, 0.15) is 24.7 Å². The molecule has 1 aromatic heterocycles. The van der Waals surface area contributed by atoms with E-state index in [1.807, 2.05) is 6.92 Å². The third-order valence-corrected chi connectivity index (χ3v) is 4.61. The minimum Gasteiger partial charge on any atom is -0.488 e. The molecule has 194 valence electrons. The number of aromatic nitrogens is 1. The van der Waals surface area contributed by atoms with Gasteiger partial charge in [-0.05, 0) is 57.0 Å². The first kappa shape index (κ1) is 29.9. The Labute approximate surface area is 204 Å². The number of halogens is 2. The van der Waals surface area contributed by atoms with Crippen LogP contribution in [0.1, 0.15) is 36.7 Å². The molecule has 35 heavy (non-hydrogen) atoms. The Morgan fingerprint density at radius 1 is 1.26 bits per heavy atom. The van der Waals surface area contributed by atoms with Crippen molar-refractivity contribution in [1.29, 1.82) is 0 Å². The van der Waals surface area contributed by atoms with Gasteiger partial charge in [0.25, 0.3) is 5.91 Å². The monoisotopic (exact) mass is 496 g/mol. The van der Waals surface area contributed by atoms with Crippen molar-refractivity contribution in [2.45, 2.75) is 38.4 Å². The molecule has 2 aromatic rings. The van der Waals surface area contributed by atoms with Gasteiger partial charge in [0.05, 0.1) is 12.7 Å². The Hall–Kier alpha value is -3.15. The number of pyridine rings is 1. The number of primary amides is 1. The summed E-state index contributed by atoms with van der Waals surface area (Å²) in [4.78, 5) is 24.4. The van der Waals surface area contributed by atoms with E-state index in [1.165, 1.54) is 18.3 Å². The number of nitrogens with two attached hydrogens (primary N) is 2. The lowest BCUT2D eigenvalue weighted by molar-refractivity contribution is -0.117. The van der Waals surface area contributed by atoms with Crippen molar-refractivity contribution < 1.29 is 32.6 Å². The number of carbonyl (C=O) groups is 2. The maximum absolute atomic E-state index is 13.1. The third-order valence-electron chi connectivity index (χ3n) is 4.61. The quantitative estimate of drug-likeness (QED) is 0.337. The summed E-state index contributed by atoms with van der Waals surface area (Å²) in [7, 11) is 1.76. The molecule has 1 saturated heterocycles. The van der Waals surface area contributed by atoms with E-state index in [1.54, 1.807) is 19.2 Å². The van der Waals surface area contributed by atoms with Crippen molar-refractivity contribution in [3.05, 3.63) is 53.9 Å². The topological polar surface area (TPSA) is 139 Å². The number of amides is 1. The zero-order chi connectivity index (χ0) is 26.1. The fourth-order valence-electron chi connectivity index (χ4n) is 2.75. The van der Waals surface area contributed by atoms with Crippen molar-refractivity contribution in [1.82, 2.24) is 4.98 Å². The van der Waals surface area contributed by atoms with E-state index in [9.17, 15) is 18.4 Å². The summed E-state index contributed by atoms with van der Waals surface area (Å²) in [5.74, 6) is -2.49. The number of hydrogen-bond acceptors (Lipinski definition) is 8. The molecule has 0 aliphatic carbocycles. The lowest BCUT2D eigenvalue weighted by Gasteiger charge is -2.07. The van der Waals surface area contributed by atoms with Crippen LogP contribution in [0.15, 0.2) is 36.5 Å².